The number of halogens is 4. The van der Waals surface area contributed by atoms with Gasteiger partial charge in [0, 0.05) is 0 Å². The zero-order valence-electron chi connectivity index (χ0n) is 12.9. The van der Waals surface area contributed by atoms with Crippen molar-refractivity contribution in [3.05, 3.63) is 53.6 Å². The molecule has 27 heavy (non-hydrogen) atoms. The first-order chi connectivity index (χ1) is 12.7. The summed E-state index contributed by atoms with van der Waals surface area (Å²) in [7, 11) is 0. The van der Waals surface area contributed by atoms with Gasteiger partial charge in [-0.2, -0.15) is 0 Å². The van der Waals surface area contributed by atoms with E-state index in [0.29, 0.717) is 9.78 Å². The van der Waals surface area contributed by atoms with Crippen LogP contribution in [0.25, 0.3) is 0 Å². The van der Waals surface area contributed by atoms with Crippen molar-refractivity contribution in [3.8, 4) is 0 Å². The van der Waals surface area contributed by atoms with Gasteiger partial charge in [-0.3, -0.25) is 34.9 Å². The molecule has 1 aromatic heterocycles. The molecule has 7 nitrogen and oxygen atoms in total. The minimum Gasteiger partial charge on any atom is -0.271 e. The molecule has 3 rings (SSSR count). The molecule has 0 radical (unpaired) electrons. The first-order valence-electron chi connectivity index (χ1n) is 7.08. The number of imide groups is 1. The molecule has 1 aromatic carbocycles. The predicted molar refractivity (Wildman–Crippen MR) is 102 cm³/mol. The lowest BCUT2D eigenvalue weighted by Crippen LogP contribution is -2.47. The number of hydrazine groups is 1. The maximum atomic E-state index is 12.5. The molecule has 0 bridgehead atoms. The molecule has 0 atom stereocenters. The first-order valence-corrected chi connectivity index (χ1v) is 9.48. The number of benzene rings is 1. The van der Waals surface area contributed by atoms with Gasteiger partial charge in [0.15, 0.2) is 0 Å². The van der Waals surface area contributed by atoms with Crippen molar-refractivity contribution >= 4 is 81.4 Å². The van der Waals surface area contributed by atoms with E-state index in [1.54, 1.807) is 17.5 Å². The van der Waals surface area contributed by atoms with Crippen LogP contribution in [0.3, 0.4) is 0 Å². The number of hydrogen-bond acceptors (Lipinski definition) is 5. The minimum atomic E-state index is -0.847. The Morgan fingerprint density at radius 2 is 1.48 bits per heavy atom. The highest BCUT2D eigenvalue weighted by Gasteiger charge is 2.42. The van der Waals surface area contributed by atoms with Crippen molar-refractivity contribution in [2.24, 2.45) is 0 Å². The number of amides is 4. The summed E-state index contributed by atoms with van der Waals surface area (Å²) >= 11 is 25.0. The summed E-state index contributed by atoms with van der Waals surface area (Å²) in [5, 5.41) is 0.899. The van der Waals surface area contributed by atoms with Crippen LogP contribution in [-0.2, 0) is 4.79 Å². The van der Waals surface area contributed by atoms with E-state index >= 15 is 0 Å². The summed E-state index contributed by atoms with van der Waals surface area (Å²) in [6.07, 6.45) is 0. The first kappa shape index (κ1) is 19.9. The maximum absolute atomic E-state index is 12.5. The molecule has 2 N–H and O–H groups in total. The lowest BCUT2D eigenvalue weighted by atomic mass is 10.1. The fraction of sp³-hybridized carbons (Fsp3) is 0.0667. The predicted octanol–water partition coefficient (Wildman–Crippen LogP) is 3.42. The molecule has 2 aromatic rings. The van der Waals surface area contributed by atoms with Crippen LogP contribution in [0, 0.1) is 0 Å². The van der Waals surface area contributed by atoms with Crippen LogP contribution in [-0.4, -0.2) is 35.1 Å². The zero-order valence-corrected chi connectivity index (χ0v) is 16.8. The van der Waals surface area contributed by atoms with E-state index in [9.17, 15) is 19.2 Å². The van der Waals surface area contributed by atoms with E-state index in [1.165, 1.54) is 11.3 Å². The summed E-state index contributed by atoms with van der Waals surface area (Å²) in [5.41, 5.74) is 3.85. The third kappa shape index (κ3) is 3.51. The maximum Gasteiger partial charge on any atom is 0.279 e. The second-order valence-electron chi connectivity index (χ2n) is 5.18. The van der Waals surface area contributed by atoms with Crippen LogP contribution in [0.2, 0.25) is 20.1 Å². The Kier molecular flexibility index (Phi) is 5.64. The van der Waals surface area contributed by atoms with Crippen LogP contribution >= 0.6 is 57.7 Å². The molecular weight excluding hydrogens is 460 g/mol. The van der Waals surface area contributed by atoms with E-state index < -0.39 is 30.2 Å². The van der Waals surface area contributed by atoms with Crippen LogP contribution in [0.4, 0.5) is 0 Å². The van der Waals surface area contributed by atoms with E-state index in [1.807, 2.05) is 0 Å². The van der Waals surface area contributed by atoms with Gasteiger partial charge in [-0.25, -0.2) is 0 Å². The monoisotopic (exact) mass is 465 g/mol. The molecule has 0 spiro atoms. The van der Waals surface area contributed by atoms with Gasteiger partial charge in [0.05, 0.1) is 36.1 Å². The van der Waals surface area contributed by atoms with Crippen molar-refractivity contribution in [2.75, 3.05) is 6.54 Å². The Morgan fingerprint density at radius 1 is 0.926 bits per heavy atom. The Labute approximate surface area is 176 Å². The second kappa shape index (κ2) is 7.65. The fourth-order valence-electron chi connectivity index (χ4n) is 2.32. The molecule has 0 saturated carbocycles. The summed E-state index contributed by atoms with van der Waals surface area (Å²) in [4.78, 5) is 49.8. The minimum absolute atomic E-state index is 0.169. The van der Waals surface area contributed by atoms with Crippen LogP contribution < -0.4 is 10.9 Å². The summed E-state index contributed by atoms with van der Waals surface area (Å²) in [5.74, 6) is -3.04. The van der Waals surface area contributed by atoms with Gasteiger partial charge < -0.3 is 0 Å². The highest BCUT2D eigenvalue weighted by atomic mass is 35.5. The number of carbonyl (C=O) groups excluding carboxylic acids is 4. The van der Waals surface area contributed by atoms with Crippen LogP contribution in [0.15, 0.2) is 17.5 Å². The molecule has 2 heterocycles. The Morgan fingerprint density at radius 3 is 1.96 bits per heavy atom. The van der Waals surface area contributed by atoms with Crippen molar-refractivity contribution in [1.29, 1.82) is 0 Å². The van der Waals surface area contributed by atoms with Crippen molar-refractivity contribution in [2.45, 2.75) is 0 Å². The Hall–Kier alpha value is -1.84. The van der Waals surface area contributed by atoms with Gasteiger partial charge >= 0.3 is 0 Å². The van der Waals surface area contributed by atoms with Gasteiger partial charge in [-0.15, -0.1) is 11.3 Å². The molecule has 1 aliphatic heterocycles. The second-order valence-corrected chi connectivity index (χ2v) is 7.64. The smallest absolute Gasteiger partial charge is 0.271 e. The van der Waals surface area contributed by atoms with Crippen molar-refractivity contribution in [1.82, 2.24) is 15.8 Å². The summed E-state index contributed by atoms with van der Waals surface area (Å²) < 4.78 is 0. The molecule has 1 aliphatic rings. The number of nitrogens with zero attached hydrogens (tertiary/aromatic N) is 1. The fourth-order valence-corrected chi connectivity index (χ4v) is 3.95. The molecule has 0 saturated heterocycles. The largest absolute Gasteiger partial charge is 0.279 e. The number of thiophene rings is 1. The van der Waals surface area contributed by atoms with E-state index in [0.717, 1.165) is 0 Å². The SMILES string of the molecule is O=C(CN1C(=O)c2c(Cl)c(Cl)c(Cl)c(Cl)c2C1=O)NNC(=O)c1cccs1. The number of hydrogen-bond donors (Lipinski definition) is 2. The van der Waals surface area contributed by atoms with Crippen LogP contribution in [0.1, 0.15) is 30.4 Å². The average molecular weight is 467 g/mol. The van der Waals surface area contributed by atoms with E-state index in [4.69, 9.17) is 46.4 Å². The number of rotatable bonds is 3. The van der Waals surface area contributed by atoms with Crippen molar-refractivity contribution < 1.29 is 19.2 Å². The molecule has 0 fully saturated rings. The average Bonchev–Trinajstić information content (AvgIpc) is 3.25. The summed E-state index contributed by atoms with van der Waals surface area (Å²) in [6.45, 7) is -0.668. The van der Waals surface area contributed by atoms with Crippen molar-refractivity contribution in [3.63, 3.8) is 0 Å². The quantitative estimate of drug-likeness (QED) is 0.313. The molecule has 140 valence electrons. The van der Waals surface area contributed by atoms with E-state index in [-0.39, 0.29) is 31.2 Å². The van der Waals surface area contributed by atoms with Crippen LogP contribution in [0.5, 0.6) is 0 Å². The molecule has 12 heteroatoms. The molecule has 0 unspecified atom stereocenters. The molecule has 0 aliphatic carbocycles. The Balaban J connectivity index is 1.75. The Bertz CT molecular complexity index is 947. The lowest BCUT2D eigenvalue weighted by molar-refractivity contribution is -0.122. The highest BCUT2D eigenvalue weighted by Crippen LogP contribution is 2.44. The van der Waals surface area contributed by atoms with Gasteiger partial charge in [0.2, 0.25) is 0 Å². The topological polar surface area (TPSA) is 95.6 Å². The molecule has 4 amide bonds. The van der Waals surface area contributed by atoms with Gasteiger partial charge in [0.25, 0.3) is 23.6 Å². The third-order valence-electron chi connectivity index (χ3n) is 3.55. The number of fused-ring (bicyclic) bond motifs is 1. The standard InChI is InChI=1S/C15H7Cl4N3O4S/c16-9-7-8(10(17)12(19)11(9)18)15(26)22(14(7)25)4-6(23)20-21-13(24)5-2-1-3-27-5/h1-3H,4H2,(H,20,23)(H,21,24). The van der Waals surface area contributed by atoms with E-state index in [2.05, 4.69) is 10.9 Å². The van der Waals surface area contributed by atoms with Gasteiger partial charge in [-0.1, -0.05) is 52.5 Å². The van der Waals surface area contributed by atoms with Gasteiger partial charge in [-0.05, 0) is 11.4 Å². The number of nitrogens with one attached hydrogen (secondary N) is 2. The summed E-state index contributed by atoms with van der Waals surface area (Å²) in [6, 6.07) is 3.23. The normalized spacial score (nSPS) is 13.0. The third-order valence-corrected chi connectivity index (χ3v) is 6.22. The van der Waals surface area contributed by atoms with Gasteiger partial charge in [0.1, 0.15) is 6.54 Å². The molecular formula is C15H7Cl4N3O4S. The number of carbonyl (C=O) groups is 4. The zero-order chi connectivity index (χ0) is 19.9. The lowest BCUT2D eigenvalue weighted by Gasteiger charge is -2.13. The highest BCUT2D eigenvalue weighted by molar-refractivity contribution is 7.12.